The minimum Gasteiger partial charge on any atom is -0.488 e. The predicted molar refractivity (Wildman–Crippen MR) is 112 cm³/mol. The second-order valence-corrected chi connectivity index (χ2v) is 6.32. The van der Waals surface area contributed by atoms with E-state index in [9.17, 15) is 9.59 Å². The van der Waals surface area contributed by atoms with Crippen molar-refractivity contribution in [2.75, 3.05) is 18.1 Å². The van der Waals surface area contributed by atoms with Gasteiger partial charge in [0.15, 0.2) is 6.61 Å². The summed E-state index contributed by atoms with van der Waals surface area (Å²) in [6.45, 7) is -0.326. The van der Waals surface area contributed by atoms with Gasteiger partial charge in [-0.3, -0.25) is 9.69 Å². The molecule has 0 heterocycles. The van der Waals surface area contributed by atoms with Gasteiger partial charge in [0.25, 0.3) is 5.91 Å². The maximum atomic E-state index is 12.6. The lowest BCUT2D eigenvalue weighted by Crippen LogP contribution is -2.35. The van der Waals surface area contributed by atoms with Crippen molar-refractivity contribution in [3.63, 3.8) is 0 Å². The highest BCUT2D eigenvalue weighted by atomic mass is 16.5. The fourth-order valence-corrected chi connectivity index (χ4v) is 2.78. The highest BCUT2D eigenvalue weighted by Gasteiger charge is 2.19. The van der Waals surface area contributed by atoms with E-state index in [0.29, 0.717) is 18.0 Å². The summed E-state index contributed by atoms with van der Waals surface area (Å²) in [5.74, 6) is -0.786. The van der Waals surface area contributed by atoms with Gasteiger partial charge in [-0.2, -0.15) is 5.26 Å². The number of ether oxygens (including phenoxy) is 2. The van der Waals surface area contributed by atoms with Crippen molar-refractivity contribution in [2.24, 2.45) is 0 Å². The fraction of sp³-hybridized carbons (Fsp3) is 0.125. The largest absolute Gasteiger partial charge is 0.488 e. The number of benzene rings is 3. The molecule has 6 nitrogen and oxygen atoms in total. The van der Waals surface area contributed by atoms with Crippen LogP contribution in [0.15, 0.2) is 84.9 Å². The Morgan fingerprint density at radius 3 is 2.20 bits per heavy atom. The molecule has 150 valence electrons. The highest BCUT2D eigenvalue weighted by molar-refractivity contribution is 5.98. The highest BCUT2D eigenvalue weighted by Crippen LogP contribution is 2.21. The molecule has 3 aromatic carbocycles. The van der Waals surface area contributed by atoms with Crippen molar-refractivity contribution in [3.8, 4) is 11.8 Å². The fourth-order valence-electron chi connectivity index (χ4n) is 2.78. The van der Waals surface area contributed by atoms with Crippen LogP contribution in [0, 0.1) is 11.3 Å². The standard InChI is InChI=1S/C24H20N2O4/c25-15-16-26(20-11-5-2-6-12-20)23(27)18-30-24(28)21-13-7-8-14-22(21)29-17-19-9-3-1-4-10-19/h1-14H,16-18H2. The number of hydrogen-bond donors (Lipinski definition) is 0. The van der Waals surface area contributed by atoms with E-state index in [1.54, 1.807) is 48.5 Å². The first-order valence-electron chi connectivity index (χ1n) is 9.34. The monoisotopic (exact) mass is 400 g/mol. The van der Waals surface area contributed by atoms with Gasteiger partial charge >= 0.3 is 5.97 Å². The van der Waals surface area contributed by atoms with Crippen LogP contribution in [0.25, 0.3) is 0 Å². The van der Waals surface area contributed by atoms with E-state index in [4.69, 9.17) is 14.7 Å². The zero-order valence-corrected chi connectivity index (χ0v) is 16.2. The summed E-state index contributed by atoms with van der Waals surface area (Å²) >= 11 is 0. The Bertz CT molecular complexity index is 1030. The number of nitriles is 1. The van der Waals surface area contributed by atoms with Crippen molar-refractivity contribution < 1.29 is 19.1 Å². The molecule has 0 fully saturated rings. The first kappa shape index (κ1) is 20.6. The normalized spacial score (nSPS) is 9.97. The number of rotatable bonds is 8. The van der Waals surface area contributed by atoms with Crippen LogP contribution < -0.4 is 9.64 Å². The van der Waals surface area contributed by atoms with E-state index < -0.39 is 18.5 Å². The summed E-state index contributed by atoms with van der Waals surface area (Å²) in [6, 6.07) is 27.0. The molecule has 3 aromatic rings. The Kier molecular flexibility index (Phi) is 7.17. The molecule has 3 rings (SSSR count). The lowest BCUT2D eigenvalue weighted by atomic mass is 10.2. The Labute approximate surface area is 174 Å². The van der Waals surface area contributed by atoms with Gasteiger partial charge in [-0.25, -0.2) is 4.79 Å². The Morgan fingerprint density at radius 2 is 1.50 bits per heavy atom. The summed E-state index contributed by atoms with van der Waals surface area (Å²) in [7, 11) is 0. The summed E-state index contributed by atoms with van der Waals surface area (Å²) in [5, 5.41) is 9.02. The lowest BCUT2D eigenvalue weighted by molar-refractivity contribution is -0.121. The van der Waals surface area contributed by atoms with Crippen LogP contribution in [0.3, 0.4) is 0 Å². The zero-order valence-electron chi connectivity index (χ0n) is 16.2. The zero-order chi connectivity index (χ0) is 21.2. The van der Waals surface area contributed by atoms with Crippen molar-refractivity contribution in [3.05, 3.63) is 96.1 Å². The molecule has 1 amide bonds. The minimum atomic E-state index is -0.669. The first-order chi connectivity index (χ1) is 14.7. The van der Waals surface area contributed by atoms with Crippen LogP contribution in [0.5, 0.6) is 5.75 Å². The number of anilines is 1. The number of esters is 1. The molecule has 0 aliphatic rings. The van der Waals surface area contributed by atoms with Crippen molar-refractivity contribution >= 4 is 17.6 Å². The Hall–Kier alpha value is -4.11. The molecule has 30 heavy (non-hydrogen) atoms. The van der Waals surface area contributed by atoms with Gasteiger partial charge in [0.05, 0.1) is 6.07 Å². The molecule has 0 aromatic heterocycles. The molecular formula is C24H20N2O4. The van der Waals surface area contributed by atoms with Gasteiger partial charge in [-0.1, -0.05) is 60.7 Å². The summed E-state index contributed by atoms with van der Waals surface area (Å²) in [5.41, 5.74) is 1.75. The van der Waals surface area contributed by atoms with Crippen LogP contribution in [-0.4, -0.2) is 25.0 Å². The average Bonchev–Trinajstić information content (AvgIpc) is 2.81. The van der Waals surface area contributed by atoms with Gasteiger partial charge in [0.1, 0.15) is 24.5 Å². The third kappa shape index (κ3) is 5.46. The van der Waals surface area contributed by atoms with Crippen LogP contribution in [0.2, 0.25) is 0 Å². The number of para-hydroxylation sites is 2. The molecule has 0 aliphatic heterocycles. The van der Waals surface area contributed by atoms with E-state index >= 15 is 0 Å². The van der Waals surface area contributed by atoms with Crippen LogP contribution in [-0.2, 0) is 16.1 Å². The predicted octanol–water partition coefficient (Wildman–Crippen LogP) is 3.98. The minimum absolute atomic E-state index is 0.142. The quantitative estimate of drug-likeness (QED) is 0.422. The third-order valence-corrected chi connectivity index (χ3v) is 4.27. The topological polar surface area (TPSA) is 79.6 Å². The SMILES string of the molecule is N#CCN(C(=O)COC(=O)c1ccccc1OCc1ccccc1)c1ccccc1. The number of amides is 1. The van der Waals surface area contributed by atoms with Gasteiger partial charge in [0.2, 0.25) is 0 Å². The Morgan fingerprint density at radius 1 is 0.867 bits per heavy atom. The summed E-state index contributed by atoms with van der Waals surface area (Å²) < 4.78 is 11.0. The molecular weight excluding hydrogens is 380 g/mol. The van der Waals surface area contributed by atoms with Gasteiger partial charge in [-0.15, -0.1) is 0 Å². The second kappa shape index (κ2) is 10.4. The molecule has 0 N–H and O–H groups in total. The molecule has 6 heteroatoms. The van der Waals surface area contributed by atoms with E-state index in [1.807, 2.05) is 42.5 Å². The molecule has 0 radical (unpaired) electrons. The molecule has 0 atom stereocenters. The number of nitrogens with zero attached hydrogens (tertiary/aromatic N) is 2. The average molecular weight is 400 g/mol. The molecule has 0 saturated carbocycles. The number of hydrogen-bond acceptors (Lipinski definition) is 5. The lowest BCUT2D eigenvalue weighted by Gasteiger charge is -2.19. The Balaban J connectivity index is 1.64. The second-order valence-electron chi connectivity index (χ2n) is 6.32. The summed E-state index contributed by atoms with van der Waals surface area (Å²) in [6.07, 6.45) is 0. The summed E-state index contributed by atoms with van der Waals surface area (Å²) in [4.78, 5) is 26.4. The number of carbonyl (C=O) groups is 2. The van der Waals surface area contributed by atoms with E-state index in [1.165, 1.54) is 4.90 Å². The van der Waals surface area contributed by atoms with Crippen LogP contribution in [0.4, 0.5) is 5.69 Å². The maximum absolute atomic E-state index is 12.6. The van der Waals surface area contributed by atoms with Gasteiger partial charge in [0, 0.05) is 5.69 Å². The maximum Gasteiger partial charge on any atom is 0.342 e. The van der Waals surface area contributed by atoms with E-state index in [2.05, 4.69) is 0 Å². The van der Waals surface area contributed by atoms with E-state index in [0.717, 1.165) is 5.56 Å². The van der Waals surface area contributed by atoms with Gasteiger partial charge in [-0.05, 0) is 29.8 Å². The van der Waals surface area contributed by atoms with Crippen molar-refractivity contribution in [1.82, 2.24) is 0 Å². The molecule has 0 bridgehead atoms. The van der Waals surface area contributed by atoms with E-state index in [-0.39, 0.29) is 12.1 Å². The molecule has 0 saturated heterocycles. The molecule has 0 spiro atoms. The van der Waals surface area contributed by atoms with Crippen LogP contribution in [0.1, 0.15) is 15.9 Å². The molecule has 0 unspecified atom stereocenters. The first-order valence-corrected chi connectivity index (χ1v) is 9.34. The third-order valence-electron chi connectivity index (χ3n) is 4.27. The van der Waals surface area contributed by atoms with Crippen molar-refractivity contribution in [1.29, 1.82) is 5.26 Å². The molecule has 0 aliphatic carbocycles. The van der Waals surface area contributed by atoms with Gasteiger partial charge < -0.3 is 9.47 Å². The smallest absolute Gasteiger partial charge is 0.342 e. The number of carbonyl (C=O) groups excluding carboxylic acids is 2. The van der Waals surface area contributed by atoms with Crippen LogP contribution >= 0.6 is 0 Å². The van der Waals surface area contributed by atoms with Crippen molar-refractivity contribution in [2.45, 2.75) is 6.61 Å².